The number of hydrogen-bond donors (Lipinski definition) is 2. The largest absolute Gasteiger partial charge is 0.391 e. The fraction of sp³-hybridized carbons (Fsp3) is 0.273. The topological polar surface area (TPSA) is 110 Å². The summed E-state index contributed by atoms with van der Waals surface area (Å²) in [7, 11) is 1.83. The van der Waals surface area contributed by atoms with Crippen LogP contribution in [0.2, 0.25) is 0 Å². The molecule has 3 aromatic heterocycles. The average molecular weight is 418 g/mol. The number of carbonyl (C=O) groups is 1. The molecular formula is C22H22N6O3. The first-order valence-electron chi connectivity index (χ1n) is 10.1. The van der Waals surface area contributed by atoms with Crippen LogP contribution in [0.4, 0.5) is 0 Å². The lowest BCUT2D eigenvalue weighted by molar-refractivity contribution is -0.0316. The molecule has 0 spiro atoms. The highest BCUT2D eigenvalue weighted by molar-refractivity contribution is 5.95. The van der Waals surface area contributed by atoms with Gasteiger partial charge in [0, 0.05) is 30.6 Å². The van der Waals surface area contributed by atoms with Crippen LogP contribution in [0.1, 0.15) is 22.8 Å². The Morgan fingerprint density at radius 3 is 2.97 bits per heavy atom. The number of ether oxygens (including phenoxy) is 1. The van der Waals surface area contributed by atoms with Crippen molar-refractivity contribution in [1.82, 2.24) is 24.3 Å². The summed E-state index contributed by atoms with van der Waals surface area (Å²) in [6.07, 6.45) is 5.12. The van der Waals surface area contributed by atoms with Gasteiger partial charge in [-0.25, -0.2) is 0 Å². The Bertz CT molecular complexity index is 1320. The maximum Gasteiger partial charge on any atom is 0.280 e. The second kappa shape index (κ2) is 7.93. The van der Waals surface area contributed by atoms with Crippen LogP contribution in [0.25, 0.3) is 22.3 Å². The number of aromatic amines is 1. The van der Waals surface area contributed by atoms with E-state index in [1.54, 1.807) is 29.2 Å². The lowest BCUT2D eigenvalue weighted by Crippen LogP contribution is -2.36. The lowest BCUT2D eigenvalue weighted by atomic mass is 10.1. The molecule has 1 aliphatic rings. The maximum atomic E-state index is 13.0. The van der Waals surface area contributed by atoms with Gasteiger partial charge in [0.15, 0.2) is 0 Å². The Kier molecular flexibility index (Phi) is 4.97. The van der Waals surface area contributed by atoms with Crippen molar-refractivity contribution in [3.05, 3.63) is 66.2 Å². The van der Waals surface area contributed by atoms with Gasteiger partial charge in [-0.3, -0.25) is 14.5 Å². The number of rotatable bonds is 3. The summed E-state index contributed by atoms with van der Waals surface area (Å²) in [4.78, 5) is 25.0. The van der Waals surface area contributed by atoms with Crippen LogP contribution in [0.3, 0.4) is 0 Å². The van der Waals surface area contributed by atoms with E-state index in [1.165, 1.54) is 0 Å². The lowest BCUT2D eigenvalue weighted by Gasteiger charge is -2.27. The van der Waals surface area contributed by atoms with E-state index in [-0.39, 0.29) is 11.9 Å². The van der Waals surface area contributed by atoms with Crippen molar-refractivity contribution >= 4 is 16.9 Å². The van der Waals surface area contributed by atoms with Crippen molar-refractivity contribution in [2.75, 3.05) is 13.2 Å². The van der Waals surface area contributed by atoms with Gasteiger partial charge in [-0.15, -0.1) is 0 Å². The highest BCUT2D eigenvalue weighted by atomic mass is 16.5. The van der Waals surface area contributed by atoms with E-state index in [2.05, 4.69) is 20.1 Å². The fourth-order valence-corrected chi connectivity index (χ4v) is 3.94. The predicted octanol–water partition coefficient (Wildman–Crippen LogP) is 1.83. The molecule has 1 saturated heterocycles. The number of pyridine rings is 1. The third kappa shape index (κ3) is 3.80. The molecule has 9 nitrogen and oxygen atoms in total. The number of aliphatic hydroxyl groups excluding tert-OH is 1. The monoisotopic (exact) mass is 418 g/mol. The minimum Gasteiger partial charge on any atom is -0.391 e. The molecule has 158 valence electrons. The molecule has 1 aromatic carbocycles. The summed E-state index contributed by atoms with van der Waals surface area (Å²) in [6.45, 7) is 0.764. The summed E-state index contributed by atoms with van der Waals surface area (Å²) in [5.74, 6) is -0.384. The van der Waals surface area contributed by atoms with E-state index in [0.717, 1.165) is 16.6 Å². The Labute approximate surface area is 177 Å². The van der Waals surface area contributed by atoms with E-state index >= 15 is 0 Å². The van der Waals surface area contributed by atoms with E-state index in [9.17, 15) is 9.90 Å². The number of imidazole rings is 1. The van der Waals surface area contributed by atoms with Gasteiger partial charge in [0.1, 0.15) is 0 Å². The SMILES string of the molecule is Cn1cc(-c2cc(C(=O)/N=c3\[nH]c4ccccc4n3[C@H]3COC[C@@H](O)C3)ccn2)cn1. The molecule has 1 aliphatic heterocycles. The Morgan fingerprint density at radius 2 is 2.16 bits per heavy atom. The van der Waals surface area contributed by atoms with Gasteiger partial charge in [0.05, 0.1) is 48.3 Å². The van der Waals surface area contributed by atoms with E-state index in [4.69, 9.17) is 4.74 Å². The summed E-state index contributed by atoms with van der Waals surface area (Å²) >= 11 is 0. The highest BCUT2D eigenvalue weighted by Gasteiger charge is 2.25. The van der Waals surface area contributed by atoms with Crippen molar-refractivity contribution < 1.29 is 14.6 Å². The van der Waals surface area contributed by atoms with Gasteiger partial charge in [0.2, 0.25) is 5.62 Å². The quantitative estimate of drug-likeness (QED) is 0.527. The number of hydrogen-bond acceptors (Lipinski definition) is 5. The maximum absolute atomic E-state index is 13.0. The molecule has 4 aromatic rings. The molecule has 4 heterocycles. The van der Waals surface area contributed by atoms with Crippen LogP contribution in [0, 0.1) is 0 Å². The number of aryl methyl sites for hydroxylation is 1. The zero-order chi connectivity index (χ0) is 21.4. The van der Waals surface area contributed by atoms with Crippen LogP contribution in [-0.2, 0) is 11.8 Å². The van der Waals surface area contributed by atoms with Crippen LogP contribution >= 0.6 is 0 Å². The Hall–Kier alpha value is -3.56. The second-order valence-corrected chi connectivity index (χ2v) is 7.67. The predicted molar refractivity (Wildman–Crippen MR) is 113 cm³/mol. The van der Waals surface area contributed by atoms with Crippen LogP contribution in [-0.4, -0.2) is 54.6 Å². The smallest absolute Gasteiger partial charge is 0.280 e. The van der Waals surface area contributed by atoms with E-state index < -0.39 is 6.10 Å². The highest BCUT2D eigenvalue weighted by Crippen LogP contribution is 2.23. The molecule has 0 saturated carbocycles. The summed E-state index contributed by atoms with van der Waals surface area (Å²) in [5, 5.41) is 14.2. The van der Waals surface area contributed by atoms with Gasteiger partial charge in [-0.05, 0) is 30.7 Å². The number of H-pyrrole nitrogens is 1. The molecule has 0 radical (unpaired) electrons. The van der Waals surface area contributed by atoms with Gasteiger partial charge >= 0.3 is 0 Å². The number of amides is 1. The third-order valence-corrected chi connectivity index (χ3v) is 5.38. The first-order chi connectivity index (χ1) is 15.1. The van der Waals surface area contributed by atoms with E-state index in [1.807, 2.05) is 42.1 Å². The molecule has 1 amide bonds. The third-order valence-electron chi connectivity index (χ3n) is 5.38. The number of aromatic nitrogens is 5. The molecule has 31 heavy (non-hydrogen) atoms. The molecular weight excluding hydrogens is 396 g/mol. The van der Waals surface area contributed by atoms with Gasteiger partial charge < -0.3 is 19.4 Å². The summed E-state index contributed by atoms with van der Waals surface area (Å²) in [6, 6.07) is 11.0. The van der Waals surface area contributed by atoms with Crippen LogP contribution in [0.15, 0.2) is 60.0 Å². The van der Waals surface area contributed by atoms with Crippen LogP contribution in [0.5, 0.6) is 0 Å². The van der Waals surface area contributed by atoms with E-state index in [0.29, 0.717) is 36.5 Å². The standard InChI is InChI=1S/C22H22N6O3/c1-27-11-15(10-24-27)19-8-14(6-7-23-19)21(30)26-22-25-18-4-2-3-5-20(18)28(22)16-9-17(29)13-31-12-16/h2-8,10-11,16-17,29H,9,12-13H2,1H3,(H,25,26,30)/t16-,17+/m1/s1. The molecule has 5 rings (SSSR count). The Morgan fingerprint density at radius 1 is 1.29 bits per heavy atom. The fourth-order valence-electron chi connectivity index (χ4n) is 3.94. The molecule has 9 heteroatoms. The van der Waals surface area contributed by atoms with Crippen molar-refractivity contribution in [1.29, 1.82) is 0 Å². The zero-order valence-electron chi connectivity index (χ0n) is 17.0. The summed E-state index contributed by atoms with van der Waals surface area (Å²) < 4.78 is 9.18. The van der Waals surface area contributed by atoms with Gasteiger partial charge in [0.25, 0.3) is 5.91 Å². The number of benzene rings is 1. The number of para-hydroxylation sites is 2. The normalized spacial score (nSPS) is 19.7. The number of nitrogens with one attached hydrogen (secondary N) is 1. The first kappa shape index (κ1) is 19.4. The van der Waals surface area contributed by atoms with Gasteiger partial charge in [-0.1, -0.05) is 12.1 Å². The molecule has 1 fully saturated rings. The summed E-state index contributed by atoms with van der Waals surface area (Å²) in [5.41, 5.74) is 4.10. The van der Waals surface area contributed by atoms with Gasteiger partial charge in [-0.2, -0.15) is 10.1 Å². The molecule has 0 unspecified atom stereocenters. The zero-order valence-corrected chi connectivity index (χ0v) is 17.0. The van der Waals surface area contributed by atoms with Crippen molar-refractivity contribution in [3.63, 3.8) is 0 Å². The number of carbonyl (C=O) groups excluding carboxylic acids is 1. The number of aliphatic hydroxyl groups is 1. The van der Waals surface area contributed by atoms with Crippen molar-refractivity contribution in [2.24, 2.45) is 12.0 Å². The average Bonchev–Trinajstić information content (AvgIpc) is 3.37. The Balaban J connectivity index is 1.57. The molecule has 0 bridgehead atoms. The molecule has 0 aliphatic carbocycles. The molecule has 2 N–H and O–H groups in total. The van der Waals surface area contributed by atoms with Crippen molar-refractivity contribution in [2.45, 2.75) is 18.6 Å². The minimum absolute atomic E-state index is 0.130. The number of fused-ring (bicyclic) bond motifs is 1. The van der Waals surface area contributed by atoms with Crippen LogP contribution < -0.4 is 5.62 Å². The minimum atomic E-state index is -0.550. The van der Waals surface area contributed by atoms with Crippen molar-refractivity contribution in [3.8, 4) is 11.3 Å². The first-order valence-corrected chi connectivity index (χ1v) is 10.1. The molecule has 2 atom stereocenters. The second-order valence-electron chi connectivity index (χ2n) is 7.67. The number of nitrogens with zero attached hydrogens (tertiary/aromatic N) is 5.